The van der Waals surface area contributed by atoms with Gasteiger partial charge in [-0.2, -0.15) is 0 Å². The van der Waals surface area contributed by atoms with Gasteiger partial charge in [-0.15, -0.1) is 0 Å². The minimum absolute atomic E-state index is 0.306. The molecular weight excluding hydrogens is 296 g/mol. The molecule has 0 heterocycles. The summed E-state index contributed by atoms with van der Waals surface area (Å²) >= 11 is 0. The molecule has 0 aromatic rings. The molecule has 0 amide bonds. The van der Waals surface area contributed by atoms with Gasteiger partial charge in [0.05, 0.1) is 6.10 Å². The van der Waals surface area contributed by atoms with E-state index in [1.807, 2.05) is 6.08 Å². The van der Waals surface area contributed by atoms with E-state index in [1.165, 1.54) is 37.7 Å². The Bertz CT molecular complexity index is 550. The molecule has 3 saturated carbocycles. The Labute approximate surface area is 147 Å². The molecule has 24 heavy (non-hydrogen) atoms. The second-order valence-electron chi connectivity index (χ2n) is 9.45. The Kier molecular flexibility index (Phi) is 4.18. The third kappa shape index (κ3) is 2.35. The van der Waals surface area contributed by atoms with Crippen LogP contribution in [0.5, 0.6) is 0 Å². The topological polar surface area (TPSA) is 26.3 Å². The largest absolute Gasteiger partial charge is 0.378 e. The quantitative estimate of drug-likeness (QED) is 0.700. The Morgan fingerprint density at radius 1 is 1.08 bits per heavy atom. The molecule has 6 atom stereocenters. The minimum atomic E-state index is 0.306. The molecule has 0 radical (unpaired) electrons. The van der Waals surface area contributed by atoms with E-state index in [0.717, 1.165) is 50.0 Å². The number of rotatable bonds is 3. The molecule has 0 saturated heterocycles. The Balaban J connectivity index is 1.59. The Hall–Kier alpha value is -0.630. The second kappa shape index (κ2) is 5.97. The van der Waals surface area contributed by atoms with Crippen LogP contribution >= 0.6 is 0 Å². The van der Waals surface area contributed by atoms with Crippen molar-refractivity contribution in [3.63, 3.8) is 0 Å². The summed E-state index contributed by atoms with van der Waals surface area (Å²) in [6, 6.07) is 0. The summed E-state index contributed by atoms with van der Waals surface area (Å²) in [7, 11) is 0. The van der Waals surface area contributed by atoms with E-state index < -0.39 is 0 Å². The third-order valence-electron chi connectivity index (χ3n) is 8.40. The van der Waals surface area contributed by atoms with E-state index in [0.29, 0.717) is 22.7 Å². The first-order valence-corrected chi connectivity index (χ1v) is 10.3. The first-order chi connectivity index (χ1) is 11.5. The van der Waals surface area contributed by atoms with Crippen molar-refractivity contribution in [2.75, 3.05) is 6.61 Å². The summed E-state index contributed by atoms with van der Waals surface area (Å²) in [4.78, 5) is 11.9. The van der Waals surface area contributed by atoms with Crippen LogP contribution in [0.15, 0.2) is 11.6 Å². The zero-order valence-electron chi connectivity index (χ0n) is 15.8. The molecule has 2 nitrogen and oxygen atoms in total. The minimum Gasteiger partial charge on any atom is -0.378 e. The van der Waals surface area contributed by atoms with Crippen molar-refractivity contribution >= 4 is 5.78 Å². The second-order valence-corrected chi connectivity index (χ2v) is 9.45. The van der Waals surface area contributed by atoms with Gasteiger partial charge in [-0.1, -0.05) is 26.3 Å². The van der Waals surface area contributed by atoms with Crippen molar-refractivity contribution in [2.24, 2.45) is 28.6 Å². The van der Waals surface area contributed by atoms with Gasteiger partial charge in [0.2, 0.25) is 0 Å². The average Bonchev–Trinajstić information content (AvgIpc) is 2.90. The van der Waals surface area contributed by atoms with Gasteiger partial charge in [0, 0.05) is 13.0 Å². The van der Waals surface area contributed by atoms with E-state index in [1.54, 1.807) is 0 Å². The van der Waals surface area contributed by atoms with Gasteiger partial charge in [-0.25, -0.2) is 0 Å². The Morgan fingerprint density at radius 2 is 1.92 bits per heavy atom. The normalized spacial score (nSPS) is 47.6. The molecule has 0 aromatic heterocycles. The standard InChI is InChI=1S/C22H34O2/c1-4-13-24-20-8-7-18-17-6-5-15-14-16(23)9-11-21(15,2)19(17)10-12-22(18,20)3/h14,17-20H,4-13H2,1-3H3. The summed E-state index contributed by atoms with van der Waals surface area (Å²) in [6.07, 6.45) is 13.3. The van der Waals surface area contributed by atoms with Gasteiger partial charge in [0.25, 0.3) is 0 Å². The summed E-state index contributed by atoms with van der Waals surface area (Å²) < 4.78 is 6.29. The fourth-order valence-corrected chi connectivity index (χ4v) is 7.05. The van der Waals surface area contributed by atoms with Crippen LogP contribution in [0.2, 0.25) is 0 Å². The molecular formula is C22H34O2. The molecule has 6 unspecified atom stereocenters. The number of hydrogen-bond donors (Lipinski definition) is 0. The number of carbonyl (C=O) groups is 1. The molecule has 3 fully saturated rings. The number of hydrogen-bond acceptors (Lipinski definition) is 2. The summed E-state index contributed by atoms with van der Waals surface area (Å²) in [5.41, 5.74) is 2.19. The first-order valence-electron chi connectivity index (χ1n) is 10.3. The maximum atomic E-state index is 11.9. The van der Waals surface area contributed by atoms with Gasteiger partial charge in [0.15, 0.2) is 5.78 Å². The fraction of sp³-hybridized carbons (Fsp3) is 0.864. The smallest absolute Gasteiger partial charge is 0.155 e. The lowest BCUT2D eigenvalue weighted by Gasteiger charge is -2.58. The van der Waals surface area contributed by atoms with Gasteiger partial charge in [-0.05, 0) is 86.0 Å². The van der Waals surface area contributed by atoms with Crippen LogP contribution in [-0.4, -0.2) is 18.5 Å². The van der Waals surface area contributed by atoms with Gasteiger partial charge in [0.1, 0.15) is 0 Å². The maximum absolute atomic E-state index is 11.9. The predicted octanol–water partition coefficient (Wildman–Crippen LogP) is 5.31. The Morgan fingerprint density at radius 3 is 2.71 bits per heavy atom. The monoisotopic (exact) mass is 330 g/mol. The number of fused-ring (bicyclic) bond motifs is 5. The lowest BCUT2D eigenvalue weighted by Crippen LogP contribution is -2.51. The van der Waals surface area contributed by atoms with E-state index in [-0.39, 0.29) is 0 Å². The van der Waals surface area contributed by atoms with Crippen molar-refractivity contribution < 1.29 is 9.53 Å². The van der Waals surface area contributed by atoms with Crippen LogP contribution in [0.25, 0.3) is 0 Å². The van der Waals surface area contributed by atoms with Crippen molar-refractivity contribution in [1.82, 2.24) is 0 Å². The van der Waals surface area contributed by atoms with Crippen LogP contribution in [0.3, 0.4) is 0 Å². The summed E-state index contributed by atoms with van der Waals surface area (Å²) in [6.45, 7) is 8.14. The number of ketones is 1. The molecule has 0 N–H and O–H groups in total. The van der Waals surface area contributed by atoms with Crippen LogP contribution in [0.1, 0.15) is 78.6 Å². The van der Waals surface area contributed by atoms with Crippen LogP contribution in [-0.2, 0) is 9.53 Å². The molecule has 0 aromatic carbocycles. The highest BCUT2D eigenvalue weighted by Crippen LogP contribution is 2.65. The lowest BCUT2D eigenvalue weighted by molar-refractivity contribution is -0.118. The van der Waals surface area contributed by atoms with Crippen molar-refractivity contribution in [2.45, 2.75) is 84.7 Å². The van der Waals surface area contributed by atoms with Crippen LogP contribution in [0.4, 0.5) is 0 Å². The van der Waals surface area contributed by atoms with E-state index >= 15 is 0 Å². The summed E-state index contributed by atoms with van der Waals surface area (Å²) in [5, 5.41) is 0. The van der Waals surface area contributed by atoms with Crippen LogP contribution in [0, 0.1) is 28.6 Å². The van der Waals surface area contributed by atoms with Crippen molar-refractivity contribution in [3.05, 3.63) is 11.6 Å². The van der Waals surface area contributed by atoms with Crippen molar-refractivity contribution in [3.8, 4) is 0 Å². The highest BCUT2D eigenvalue weighted by molar-refractivity contribution is 5.91. The third-order valence-corrected chi connectivity index (χ3v) is 8.40. The van der Waals surface area contributed by atoms with Crippen molar-refractivity contribution in [1.29, 1.82) is 0 Å². The predicted molar refractivity (Wildman–Crippen MR) is 96.7 cm³/mol. The van der Waals surface area contributed by atoms with E-state index in [9.17, 15) is 4.79 Å². The van der Waals surface area contributed by atoms with Crippen LogP contribution < -0.4 is 0 Å². The highest BCUT2D eigenvalue weighted by Gasteiger charge is 2.59. The number of carbonyl (C=O) groups excluding carboxylic acids is 1. The highest BCUT2D eigenvalue weighted by atomic mass is 16.5. The molecule has 4 aliphatic rings. The van der Waals surface area contributed by atoms with Gasteiger partial charge >= 0.3 is 0 Å². The zero-order valence-corrected chi connectivity index (χ0v) is 15.8. The lowest BCUT2D eigenvalue weighted by atomic mass is 9.47. The molecule has 0 bridgehead atoms. The SMILES string of the molecule is CCCOC1CCC2C3CCC4=CC(=O)CCC4(C)C3CCC12C. The van der Waals surface area contributed by atoms with E-state index in [2.05, 4.69) is 20.8 Å². The molecule has 4 aliphatic carbocycles. The van der Waals surface area contributed by atoms with Gasteiger partial charge < -0.3 is 4.74 Å². The number of ether oxygens (including phenoxy) is 1. The zero-order chi connectivity index (χ0) is 16.9. The first kappa shape index (κ1) is 16.8. The molecule has 134 valence electrons. The number of allylic oxidation sites excluding steroid dienone is 1. The van der Waals surface area contributed by atoms with Gasteiger partial charge in [-0.3, -0.25) is 4.79 Å². The molecule has 2 heteroatoms. The molecule has 0 aliphatic heterocycles. The molecule has 4 rings (SSSR count). The molecule has 0 spiro atoms. The van der Waals surface area contributed by atoms with E-state index in [4.69, 9.17) is 4.74 Å². The fourth-order valence-electron chi connectivity index (χ4n) is 7.05. The summed E-state index contributed by atoms with van der Waals surface area (Å²) in [5.74, 6) is 2.87. The maximum Gasteiger partial charge on any atom is 0.155 e. The average molecular weight is 331 g/mol.